The average Bonchev–Trinajstić information content (AvgIpc) is 2.67. The summed E-state index contributed by atoms with van der Waals surface area (Å²) in [6, 6.07) is 12.0. The third kappa shape index (κ3) is 6.50. The highest BCUT2D eigenvalue weighted by molar-refractivity contribution is 14.0. The molecule has 148 valence electrons. The topological polar surface area (TPSA) is 64.1 Å². The van der Waals surface area contributed by atoms with E-state index in [0.29, 0.717) is 36.3 Å². The van der Waals surface area contributed by atoms with Gasteiger partial charge >= 0.3 is 0 Å². The molecule has 27 heavy (non-hydrogen) atoms. The van der Waals surface area contributed by atoms with Crippen molar-refractivity contribution in [2.24, 2.45) is 4.99 Å². The number of guanidine groups is 1. The van der Waals surface area contributed by atoms with Crippen molar-refractivity contribution in [1.29, 1.82) is 0 Å². The van der Waals surface area contributed by atoms with E-state index < -0.39 is 0 Å². The van der Waals surface area contributed by atoms with Crippen LogP contribution in [0.2, 0.25) is 0 Å². The van der Waals surface area contributed by atoms with Crippen LogP contribution in [-0.4, -0.2) is 34.3 Å². The van der Waals surface area contributed by atoms with Gasteiger partial charge in [0.1, 0.15) is 17.2 Å². The van der Waals surface area contributed by atoms with Crippen molar-refractivity contribution in [3.8, 4) is 17.2 Å². The summed E-state index contributed by atoms with van der Waals surface area (Å²) in [5.41, 5.74) is 3.34. The molecule has 7 heteroatoms. The first-order chi connectivity index (χ1) is 12.6. The summed E-state index contributed by atoms with van der Waals surface area (Å²) in [4.78, 5) is 4.27. The number of hydrogen-bond acceptors (Lipinski definition) is 4. The maximum atomic E-state index is 5.48. The van der Waals surface area contributed by atoms with Crippen LogP contribution in [0.4, 0.5) is 0 Å². The molecule has 2 N–H and O–H groups in total. The van der Waals surface area contributed by atoms with Crippen LogP contribution in [0.1, 0.15) is 16.7 Å². The molecule has 0 amide bonds. The summed E-state index contributed by atoms with van der Waals surface area (Å²) >= 11 is 0. The maximum Gasteiger partial charge on any atom is 0.191 e. The van der Waals surface area contributed by atoms with Crippen LogP contribution in [0.15, 0.2) is 41.4 Å². The van der Waals surface area contributed by atoms with Gasteiger partial charge in [0, 0.05) is 25.7 Å². The van der Waals surface area contributed by atoms with Crippen LogP contribution < -0.4 is 24.8 Å². The van der Waals surface area contributed by atoms with Crippen molar-refractivity contribution >= 4 is 29.9 Å². The molecule has 2 aromatic carbocycles. The smallest absolute Gasteiger partial charge is 0.191 e. The minimum atomic E-state index is 0. The number of aliphatic imine (C=N–C) groups is 1. The zero-order valence-electron chi connectivity index (χ0n) is 16.5. The summed E-state index contributed by atoms with van der Waals surface area (Å²) in [5.74, 6) is 2.78. The first-order valence-corrected chi connectivity index (χ1v) is 8.40. The van der Waals surface area contributed by atoms with Crippen LogP contribution in [-0.2, 0) is 13.1 Å². The molecule has 6 nitrogen and oxygen atoms in total. The standard InChI is InChI=1S/C20H27N3O3.HI/c1-14-7-6-8-15(9-14)12-22-20(21-2)23-13-17-18(25-4)10-16(24-3)11-19(17)26-5;/h6-11H,12-13H2,1-5H3,(H2,21,22,23);1H. The summed E-state index contributed by atoms with van der Waals surface area (Å²) in [6.07, 6.45) is 0. The Labute approximate surface area is 178 Å². The number of halogens is 1. The van der Waals surface area contributed by atoms with Crippen molar-refractivity contribution in [2.45, 2.75) is 20.0 Å². The van der Waals surface area contributed by atoms with Crippen molar-refractivity contribution in [1.82, 2.24) is 10.6 Å². The molecule has 0 spiro atoms. The SMILES string of the molecule is CN=C(NCc1cccc(C)c1)NCc1c(OC)cc(OC)cc1OC.I. The number of ether oxygens (including phenoxy) is 3. The summed E-state index contributed by atoms with van der Waals surface area (Å²) in [5, 5.41) is 6.61. The zero-order chi connectivity index (χ0) is 18.9. The Morgan fingerprint density at radius 1 is 0.926 bits per heavy atom. The van der Waals surface area contributed by atoms with E-state index in [2.05, 4.69) is 46.8 Å². The van der Waals surface area contributed by atoms with Gasteiger partial charge in [-0.2, -0.15) is 0 Å². The Hall–Kier alpha value is -2.16. The second-order valence-electron chi connectivity index (χ2n) is 5.78. The second-order valence-corrected chi connectivity index (χ2v) is 5.78. The highest BCUT2D eigenvalue weighted by Crippen LogP contribution is 2.33. The lowest BCUT2D eigenvalue weighted by molar-refractivity contribution is 0.368. The number of rotatable bonds is 7. The lowest BCUT2D eigenvalue weighted by Gasteiger charge is -2.17. The van der Waals surface area contributed by atoms with Gasteiger partial charge in [-0.1, -0.05) is 29.8 Å². The number of hydrogen-bond donors (Lipinski definition) is 2. The Morgan fingerprint density at radius 3 is 2.07 bits per heavy atom. The quantitative estimate of drug-likeness (QED) is 0.357. The first-order valence-electron chi connectivity index (χ1n) is 8.40. The molecule has 0 fully saturated rings. The van der Waals surface area contributed by atoms with Gasteiger partial charge in [-0.25, -0.2) is 0 Å². The Morgan fingerprint density at radius 2 is 1.56 bits per heavy atom. The Bertz CT molecular complexity index is 741. The molecule has 0 bridgehead atoms. The normalized spacial score (nSPS) is 10.6. The Balaban J connectivity index is 0.00000364. The molecule has 2 rings (SSSR count). The van der Waals surface area contributed by atoms with Gasteiger partial charge in [0.05, 0.1) is 33.4 Å². The number of nitrogens with zero attached hydrogens (tertiary/aromatic N) is 1. The molecular weight excluding hydrogens is 457 g/mol. The minimum Gasteiger partial charge on any atom is -0.496 e. The highest BCUT2D eigenvalue weighted by Gasteiger charge is 2.13. The number of methoxy groups -OCH3 is 3. The van der Waals surface area contributed by atoms with E-state index >= 15 is 0 Å². The van der Waals surface area contributed by atoms with Crippen LogP contribution in [0, 0.1) is 6.92 Å². The van der Waals surface area contributed by atoms with Gasteiger partial charge < -0.3 is 24.8 Å². The third-order valence-corrected chi connectivity index (χ3v) is 4.02. The van der Waals surface area contributed by atoms with Crippen LogP contribution >= 0.6 is 24.0 Å². The van der Waals surface area contributed by atoms with E-state index in [1.54, 1.807) is 28.4 Å². The molecule has 0 radical (unpaired) electrons. The fourth-order valence-corrected chi connectivity index (χ4v) is 2.65. The number of benzene rings is 2. The van der Waals surface area contributed by atoms with Crippen LogP contribution in [0.5, 0.6) is 17.2 Å². The van der Waals surface area contributed by atoms with E-state index in [1.807, 2.05) is 12.1 Å². The molecule has 0 saturated carbocycles. The van der Waals surface area contributed by atoms with E-state index in [1.165, 1.54) is 11.1 Å². The number of nitrogens with one attached hydrogen (secondary N) is 2. The first kappa shape index (κ1) is 22.9. The fourth-order valence-electron chi connectivity index (χ4n) is 2.65. The summed E-state index contributed by atoms with van der Waals surface area (Å²) < 4.78 is 16.2. The molecule has 0 saturated heterocycles. The molecule has 0 aliphatic rings. The van der Waals surface area contributed by atoms with Gasteiger partial charge in [-0.15, -0.1) is 24.0 Å². The van der Waals surface area contributed by atoms with E-state index in [4.69, 9.17) is 14.2 Å². The van der Waals surface area contributed by atoms with E-state index in [0.717, 1.165) is 5.56 Å². The predicted molar refractivity (Wildman–Crippen MR) is 120 cm³/mol. The van der Waals surface area contributed by atoms with Crippen molar-refractivity contribution in [2.75, 3.05) is 28.4 Å². The molecular formula is C20H28IN3O3. The van der Waals surface area contributed by atoms with Gasteiger partial charge in [0.25, 0.3) is 0 Å². The van der Waals surface area contributed by atoms with E-state index in [-0.39, 0.29) is 24.0 Å². The molecule has 0 aromatic heterocycles. The van der Waals surface area contributed by atoms with E-state index in [9.17, 15) is 0 Å². The van der Waals surface area contributed by atoms with Gasteiger partial charge in [-0.05, 0) is 12.5 Å². The minimum absolute atomic E-state index is 0. The predicted octanol–water partition coefficient (Wildman–Crippen LogP) is 3.50. The zero-order valence-corrected chi connectivity index (χ0v) is 18.8. The lowest BCUT2D eigenvalue weighted by Crippen LogP contribution is -2.36. The Kier molecular flexibility index (Phi) is 9.77. The average molecular weight is 485 g/mol. The van der Waals surface area contributed by atoms with Gasteiger partial charge in [0.15, 0.2) is 5.96 Å². The van der Waals surface area contributed by atoms with Crippen molar-refractivity contribution in [3.63, 3.8) is 0 Å². The number of aryl methyl sites for hydroxylation is 1. The monoisotopic (exact) mass is 485 g/mol. The lowest BCUT2D eigenvalue weighted by atomic mass is 10.1. The van der Waals surface area contributed by atoms with Crippen LogP contribution in [0.25, 0.3) is 0 Å². The largest absolute Gasteiger partial charge is 0.496 e. The summed E-state index contributed by atoms with van der Waals surface area (Å²) in [6.45, 7) is 3.28. The molecule has 0 atom stereocenters. The third-order valence-electron chi connectivity index (χ3n) is 4.02. The molecule has 0 unspecified atom stereocenters. The molecule has 0 aliphatic carbocycles. The molecule has 0 heterocycles. The fraction of sp³-hybridized carbons (Fsp3) is 0.350. The molecule has 2 aromatic rings. The van der Waals surface area contributed by atoms with Gasteiger partial charge in [-0.3, -0.25) is 4.99 Å². The van der Waals surface area contributed by atoms with Crippen molar-refractivity contribution in [3.05, 3.63) is 53.1 Å². The van der Waals surface area contributed by atoms with Crippen molar-refractivity contribution < 1.29 is 14.2 Å². The summed E-state index contributed by atoms with van der Waals surface area (Å²) in [7, 11) is 6.61. The highest BCUT2D eigenvalue weighted by atomic mass is 127. The second kappa shape index (κ2) is 11.5. The van der Waals surface area contributed by atoms with Crippen LogP contribution in [0.3, 0.4) is 0 Å². The van der Waals surface area contributed by atoms with Gasteiger partial charge in [0.2, 0.25) is 0 Å². The maximum absolute atomic E-state index is 5.48. The molecule has 0 aliphatic heterocycles.